The predicted molar refractivity (Wildman–Crippen MR) is 99.2 cm³/mol. The van der Waals surface area contributed by atoms with Gasteiger partial charge in [-0.3, -0.25) is 4.72 Å². The zero-order chi connectivity index (χ0) is 17.0. The third-order valence-electron chi connectivity index (χ3n) is 4.22. The van der Waals surface area contributed by atoms with Gasteiger partial charge in [-0.2, -0.15) is 0 Å². The van der Waals surface area contributed by atoms with Crippen LogP contribution in [0.4, 0.5) is 11.5 Å². The Hall–Kier alpha value is -1.60. The second-order valence-electron chi connectivity index (χ2n) is 6.09. The van der Waals surface area contributed by atoms with E-state index in [2.05, 4.69) is 15.0 Å². The molecule has 1 aliphatic rings. The van der Waals surface area contributed by atoms with Crippen molar-refractivity contribution >= 4 is 32.9 Å². The molecule has 0 spiro atoms. The van der Waals surface area contributed by atoms with Gasteiger partial charge in [0.15, 0.2) is 0 Å². The van der Waals surface area contributed by atoms with E-state index in [4.69, 9.17) is 0 Å². The lowest BCUT2D eigenvalue weighted by Crippen LogP contribution is -2.22. The number of nitrogens with zero attached hydrogens (tertiary/aromatic N) is 1. The van der Waals surface area contributed by atoms with Gasteiger partial charge in [0.2, 0.25) is 0 Å². The van der Waals surface area contributed by atoms with E-state index in [1.54, 1.807) is 18.3 Å². The van der Waals surface area contributed by atoms with Gasteiger partial charge in [0.1, 0.15) is 10.0 Å². The minimum Gasteiger partial charge on any atom is -0.367 e. The average molecular weight is 366 g/mol. The molecule has 0 bridgehead atoms. The molecule has 0 saturated heterocycles. The van der Waals surface area contributed by atoms with E-state index in [1.165, 1.54) is 43.4 Å². The van der Waals surface area contributed by atoms with Crippen molar-refractivity contribution in [1.29, 1.82) is 0 Å². The first-order chi connectivity index (χ1) is 11.6. The van der Waals surface area contributed by atoms with Crippen LogP contribution < -0.4 is 10.0 Å². The molecule has 1 fully saturated rings. The molecule has 24 heavy (non-hydrogen) atoms. The summed E-state index contributed by atoms with van der Waals surface area (Å²) in [4.78, 5) is 5.39. The molecule has 1 saturated carbocycles. The zero-order valence-corrected chi connectivity index (χ0v) is 15.4. The highest BCUT2D eigenvalue weighted by molar-refractivity contribution is 7.94. The van der Waals surface area contributed by atoms with E-state index in [1.807, 2.05) is 19.1 Å². The summed E-state index contributed by atoms with van der Waals surface area (Å²) in [5.41, 5.74) is 0.482. The molecule has 2 heterocycles. The summed E-state index contributed by atoms with van der Waals surface area (Å²) in [5, 5.41) is 3.43. The fourth-order valence-corrected chi connectivity index (χ4v) is 5.23. The van der Waals surface area contributed by atoms with E-state index in [-0.39, 0.29) is 0 Å². The molecule has 130 valence electrons. The molecule has 0 atom stereocenters. The van der Waals surface area contributed by atoms with Gasteiger partial charge in [-0.15, -0.1) is 11.3 Å². The smallest absolute Gasteiger partial charge is 0.271 e. The van der Waals surface area contributed by atoms with Crippen molar-refractivity contribution in [2.75, 3.05) is 10.0 Å². The first kappa shape index (κ1) is 17.2. The molecule has 3 rings (SSSR count). The number of thiophene rings is 1. The molecular formula is C17H23N3O2S2. The summed E-state index contributed by atoms with van der Waals surface area (Å²) < 4.78 is 27.7. The second kappa shape index (κ2) is 7.53. The summed E-state index contributed by atoms with van der Waals surface area (Å²) in [6.45, 7) is 2.01. The third-order valence-corrected chi connectivity index (χ3v) is 7.33. The fourth-order valence-electron chi connectivity index (χ4n) is 2.89. The van der Waals surface area contributed by atoms with E-state index < -0.39 is 10.0 Å². The summed E-state index contributed by atoms with van der Waals surface area (Å²) in [6.07, 6.45) is 8.59. The Bertz CT molecular complexity index is 763. The van der Waals surface area contributed by atoms with Crippen molar-refractivity contribution < 1.29 is 8.42 Å². The number of rotatable bonds is 6. The highest BCUT2D eigenvalue weighted by Crippen LogP contribution is 2.25. The van der Waals surface area contributed by atoms with Crippen LogP contribution in [0.15, 0.2) is 34.7 Å². The predicted octanol–water partition coefficient (Wildman–Crippen LogP) is 4.25. The van der Waals surface area contributed by atoms with Crippen molar-refractivity contribution in [1.82, 2.24) is 4.98 Å². The number of pyridine rings is 1. The lowest BCUT2D eigenvalue weighted by atomic mass is 9.95. The third kappa shape index (κ3) is 4.27. The topological polar surface area (TPSA) is 71.1 Å². The highest BCUT2D eigenvalue weighted by Gasteiger charge is 2.17. The van der Waals surface area contributed by atoms with E-state index in [0.29, 0.717) is 15.9 Å². The minimum absolute atomic E-state index is 0.337. The van der Waals surface area contributed by atoms with E-state index in [9.17, 15) is 8.42 Å². The van der Waals surface area contributed by atoms with Crippen molar-refractivity contribution in [3.63, 3.8) is 0 Å². The zero-order valence-electron chi connectivity index (χ0n) is 13.8. The summed E-state index contributed by atoms with van der Waals surface area (Å²) in [5.74, 6) is 0.800. The van der Waals surface area contributed by atoms with Gasteiger partial charge < -0.3 is 5.32 Å². The van der Waals surface area contributed by atoms with Crippen LogP contribution in [0.2, 0.25) is 0 Å². The SMILES string of the molecule is CCc1ccc(S(=O)(=O)Nc2ccc(NC3CCCCC3)nc2)s1. The Morgan fingerprint density at radius 3 is 2.58 bits per heavy atom. The number of hydrogen-bond donors (Lipinski definition) is 2. The molecule has 0 unspecified atom stereocenters. The number of nitrogens with one attached hydrogen (secondary N) is 2. The molecule has 2 N–H and O–H groups in total. The molecule has 0 aliphatic heterocycles. The van der Waals surface area contributed by atoms with Crippen LogP contribution in [-0.2, 0) is 16.4 Å². The maximum absolute atomic E-state index is 12.4. The first-order valence-electron chi connectivity index (χ1n) is 8.41. The number of sulfonamides is 1. The van der Waals surface area contributed by atoms with Gasteiger partial charge in [-0.05, 0) is 43.5 Å². The van der Waals surface area contributed by atoms with Crippen molar-refractivity contribution in [2.24, 2.45) is 0 Å². The second-order valence-corrected chi connectivity index (χ2v) is 9.17. The average Bonchev–Trinajstić information content (AvgIpc) is 3.08. The normalized spacial score (nSPS) is 16.0. The Labute approximate surface area is 147 Å². The van der Waals surface area contributed by atoms with Crippen LogP contribution in [0.1, 0.15) is 43.9 Å². The summed E-state index contributed by atoms with van der Waals surface area (Å²) >= 11 is 1.30. The quantitative estimate of drug-likeness (QED) is 0.803. The number of hydrogen-bond acceptors (Lipinski definition) is 5. The van der Waals surface area contributed by atoms with Crippen LogP contribution in [-0.4, -0.2) is 19.4 Å². The molecule has 0 radical (unpaired) electrons. The highest BCUT2D eigenvalue weighted by atomic mass is 32.2. The van der Waals surface area contributed by atoms with E-state index >= 15 is 0 Å². The van der Waals surface area contributed by atoms with Crippen LogP contribution >= 0.6 is 11.3 Å². The maximum atomic E-state index is 12.4. The van der Waals surface area contributed by atoms with Crippen LogP contribution in [0.5, 0.6) is 0 Å². The number of aryl methyl sites for hydroxylation is 1. The molecule has 7 heteroatoms. The van der Waals surface area contributed by atoms with Crippen molar-refractivity contribution in [3.05, 3.63) is 35.3 Å². The number of aromatic nitrogens is 1. The standard InChI is InChI=1S/C17H23N3O2S2/c1-2-15-9-11-17(23-15)24(21,22)20-14-8-10-16(18-12-14)19-13-6-4-3-5-7-13/h8-13,20H,2-7H2,1H3,(H,18,19). The maximum Gasteiger partial charge on any atom is 0.271 e. The van der Waals surface area contributed by atoms with Gasteiger partial charge in [-0.1, -0.05) is 26.2 Å². The molecule has 1 aliphatic carbocycles. The Morgan fingerprint density at radius 1 is 1.17 bits per heavy atom. The summed E-state index contributed by atoms with van der Waals surface area (Å²) in [6, 6.07) is 7.57. The molecule has 0 amide bonds. The lowest BCUT2D eigenvalue weighted by molar-refractivity contribution is 0.462. The van der Waals surface area contributed by atoms with Gasteiger partial charge in [-0.25, -0.2) is 13.4 Å². The van der Waals surface area contributed by atoms with Gasteiger partial charge in [0.05, 0.1) is 11.9 Å². The van der Waals surface area contributed by atoms with Crippen LogP contribution in [0, 0.1) is 0 Å². The van der Waals surface area contributed by atoms with Crippen molar-refractivity contribution in [2.45, 2.75) is 55.7 Å². The molecule has 5 nitrogen and oxygen atoms in total. The molecular weight excluding hydrogens is 342 g/mol. The van der Waals surface area contributed by atoms with Gasteiger partial charge in [0.25, 0.3) is 10.0 Å². The van der Waals surface area contributed by atoms with E-state index in [0.717, 1.165) is 17.1 Å². The van der Waals surface area contributed by atoms with Gasteiger partial charge >= 0.3 is 0 Å². The summed E-state index contributed by atoms with van der Waals surface area (Å²) in [7, 11) is -3.53. The fraction of sp³-hybridized carbons (Fsp3) is 0.471. The minimum atomic E-state index is -3.53. The number of anilines is 2. The van der Waals surface area contributed by atoms with Gasteiger partial charge in [0, 0.05) is 10.9 Å². The Kier molecular flexibility index (Phi) is 5.40. The first-order valence-corrected chi connectivity index (χ1v) is 10.7. The lowest BCUT2D eigenvalue weighted by Gasteiger charge is -2.23. The molecule has 2 aromatic heterocycles. The monoisotopic (exact) mass is 365 g/mol. The Balaban J connectivity index is 1.64. The largest absolute Gasteiger partial charge is 0.367 e. The molecule has 0 aromatic carbocycles. The van der Waals surface area contributed by atoms with Crippen molar-refractivity contribution in [3.8, 4) is 0 Å². The Morgan fingerprint density at radius 2 is 1.96 bits per heavy atom. The molecule has 2 aromatic rings. The van der Waals surface area contributed by atoms with Crippen LogP contribution in [0.3, 0.4) is 0 Å². The van der Waals surface area contributed by atoms with Crippen LogP contribution in [0.25, 0.3) is 0 Å².